The fourth-order valence-electron chi connectivity index (χ4n) is 1.87. The van der Waals surface area contributed by atoms with E-state index in [1.807, 2.05) is 6.92 Å². The molecule has 0 aliphatic rings. The number of benzene rings is 1. The lowest BCUT2D eigenvalue weighted by Crippen LogP contribution is -2.08. The monoisotopic (exact) mass is 310 g/mol. The van der Waals surface area contributed by atoms with E-state index in [4.69, 9.17) is 5.26 Å². The lowest BCUT2D eigenvalue weighted by atomic mass is 9.94. The first-order valence-electron chi connectivity index (χ1n) is 6.31. The molecule has 1 atom stereocenters. The van der Waals surface area contributed by atoms with E-state index in [9.17, 15) is 25.0 Å². The maximum Gasteiger partial charge on any atom is 0.287 e. The van der Waals surface area contributed by atoms with Gasteiger partial charge in [0.15, 0.2) is 5.56 Å². The van der Waals surface area contributed by atoms with Crippen molar-refractivity contribution in [3.05, 3.63) is 55.8 Å². The third-order valence-corrected chi connectivity index (χ3v) is 3.22. The van der Waals surface area contributed by atoms with Crippen molar-refractivity contribution in [2.45, 2.75) is 26.2 Å². The molecule has 0 saturated heterocycles. The maximum atomic E-state index is 11.9. The lowest BCUT2D eigenvalue weighted by Gasteiger charge is -2.10. The summed E-state index contributed by atoms with van der Waals surface area (Å²) in [7, 11) is 0. The van der Waals surface area contributed by atoms with E-state index in [0.29, 0.717) is 24.3 Å². The molecule has 0 radical (unpaired) electrons. The van der Waals surface area contributed by atoms with E-state index >= 15 is 0 Å². The zero-order chi connectivity index (χ0) is 16.9. The van der Waals surface area contributed by atoms with Gasteiger partial charge in [0, 0.05) is 18.2 Å². The fourth-order valence-corrected chi connectivity index (χ4v) is 1.87. The quantitative estimate of drug-likeness (QED) is 0.204. The Bertz CT molecular complexity index is 604. The van der Waals surface area contributed by atoms with Gasteiger partial charge >= 0.3 is 0 Å². The SMILES string of the molecule is CCC(C)c1cc([N+](=O)[O-])c(C(=O)C=COO)c([N+](=O)[O-])c1. The van der Waals surface area contributed by atoms with Crippen molar-refractivity contribution in [1.82, 2.24) is 0 Å². The molecule has 0 fully saturated rings. The van der Waals surface area contributed by atoms with Gasteiger partial charge in [0.25, 0.3) is 11.4 Å². The molecule has 118 valence electrons. The van der Waals surface area contributed by atoms with Gasteiger partial charge in [-0.1, -0.05) is 13.8 Å². The molecule has 9 nitrogen and oxygen atoms in total. The number of ketones is 1. The highest BCUT2D eigenvalue weighted by molar-refractivity contribution is 6.10. The molecule has 0 aliphatic heterocycles. The first-order chi connectivity index (χ1) is 10.3. The second kappa shape index (κ2) is 7.27. The van der Waals surface area contributed by atoms with Crippen molar-refractivity contribution in [3.63, 3.8) is 0 Å². The third kappa shape index (κ3) is 3.64. The number of allylic oxidation sites excluding steroid dienone is 1. The highest BCUT2D eigenvalue weighted by atomic mass is 17.1. The first kappa shape index (κ1) is 17.2. The molecule has 22 heavy (non-hydrogen) atoms. The third-order valence-electron chi connectivity index (χ3n) is 3.22. The van der Waals surface area contributed by atoms with Crippen LogP contribution in [0, 0.1) is 20.2 Å². The molecule has 0 spiro atoms. The van der Waals surface area contributed by atoms with E-state index in [1.165, 1.54) is 0 Å². The van der Waals surface area contributed by atoms with Crippen LogP contribution in [0.1, 0.15) is 42.1 Å². The van der Waals surface area contributed by atoms with E-state index in [1.54, 1.807) is 6.92 Å². The van der Waals surface area contributed by atoms with Crippen LogP contribution in [0.5, 0.6) is 0 Å². The minimum Gasteiger partial charge on any atom is -0.348 e. The van der Waals surface area contributed by atoms with Crippen LogP contribution in [0.4, 0.5) is 11.4 Å². The number of carbonyl (C=O) groups excluding carboxylic acids is 1. The normalized spacial score (nSPS) is 12.1. The van der Waals surface area contributed by atoms with Crippen LogP contribution in [-0.2, 0) is 4.89 Å². The Kier molecular flexibility index (Phi) is 5.70. The second-order valence-corrected chi connectivity index (χ2v) is 4.53. The van der Waals surface area contributed by atoms with Crippen LogP contribution in [0.3, 0.4) is 0 Å². The number of hydrogen-bond donors (Lipinski definition) is 1. The maximum absolute atomic E-state index is 11.9. The largest absolute Gasteiger partial charge is 0.348 e. The van der Waals surface area contributed by atoms with Gasteiger partial charge in [-0.05, 0) is 17.9 Å². The average molecular weight is 310 g/mol. The fraction of sp³-hybridized carbons (Fsp3) is 0.308. The molecule has 1 N–H and O–H groups in total. The predicted molar refractivity (Wildman–Crippen MR) is 75.6 cm³/mol. The summed E-state index contributed by atoms with van der Waals surface area (Å²) in [5.74, 6) is -1.15. The van der Waals surface area contributed by atoms with Crippen molar-refractivity contribution >= 4 is 17.2 Å². The Labute approximate surface area is 125 Å². The predicted octanol–water partition coefficient (Wildman–Crippen LogP) is 3.20. The number of nitro groups is 2. The standard InChI is InChI=1S/C13H14N2O7/c1-3-8(2)9-6-10(14(17)18)13(11(7-9)15(19)20)12(16)4-5-22-21/h4-8,21H,3H2,1-2H3. The Morgan fingerprint density at radius 2 is 1.82 bits per heavy atom. The van der Waals surface area contributed by atoms with Crippen molar-refractivity contribution in [2.24, 2.45) is 0 Å². The zero-order valence-electron chi connectivity index (χ0n) is 11.9. The van der Waals surface area contributed by atoms with E-state index in [2.05, 4.69) is 4.89 Å². The molecule has 1 aromatic rings. The Morgan fingerprint density at radius 3 is 2.18 bits per heavy atom. The van der Waals surface area contributed by atoms with Crippen molar-refractivity contribution < 1.29 is 24.8 Å². The summed E-state index contributed by atoms with van der Waals surface area (Å²) in [6.45, 7) is 3.60. The Balaban J connectivity index is 3.64. The number of carbonyl (C=O) groups is 1. The molecule has 0 amide bonds. The molecule has 1 unspecified atom stereocenters. The van der Waals surface area contributed by atoms with Gasteiger partial charge in [-0.2, -0.15) is 0 Å². The highest BCUT2D eigenvalue weighted by Gasteiger charge is 2.31. The average Bonchev–Trinajstić information content (AvgIpc) is 2.50. The second-order valence-electron chi connectivity index (χ2n) is 4.53. The zero-order valence-corrected chi connectivity index (χ0v) is 11.9. The Morgan fingerprint density at radius 1 is 1.32 bits per heavy atom. The number of rotatable bonds is 7. The van der Waals surface area contributed by atoms with Crippen LogP contribution in [0.25, 0.3) is 0 Å². The smallest absolute Gasteiger partial charge is 0.287 e. The first-order valence-corrected chi connectivity index (χ1v) is 6.31. The summed E-state index contributed by atoms with van der Waals surface area (Å²) in [6.07, 6.45) is 1.86. The van der Waals surface area contributed by atoms with Crippen molar-refractivity contribution in [1.29, 1.82) is 0 Å². The van der Waals surface area contributed by atoms with Crippen LogP contribution in [0.2, 0.25) is 0 Å². The van der Waals surface area contributed by atoms with E-state index in [0.717, 1.165) is 12.1 Å². The van der Waals surface area contributed by atoms with Crippen LogP contribution < -0.4 is 0 Å². The summed E-state index contributed by atoms with van der Waals surface area (Å²) in [4.78, 5) is 36.1. The summed E-state index contributed by atoms with van der Waals surface area (Å²) in [5.41, 5.74) is -1.57. The number of hydrogen-bond acceptors (Lipinski definition) is 7. The van der Waals surface area contributed by atoms with Crippen LogP contribution in [0.15, 0.2) is 24.5 Å². The van der Waals surface area contributed by atoms with Crippen molar-refractivity contribution in [2.75, 3.05) is 0 Å². The number of nitro benzene ring substituents is 2. The molecule has 1 rings (SSSR count). The molecule has 0 aromatic heterocycles. The van der Waals surface area contributed by atoms with Gasteiger partial charge in [0.05, 0.1) is 9.85 Å². The minimum atomic E-state index is -1.01. The summed E-state index contributed by atoms with van der Waals surface area (Å²) < 4.78 is 0. The molecule has 0 bridgehead atoms. The van der Waals surface area contributed by atoms with Gasteiger partial charge in [-0.25, -0.2) is 5.26 Å². The minimum absolute atomic E-state index is 0.141. The van der Waals surface area contributed by atoms with Gasteiger partial charge in [0.2, 0.25) is 5.78 Å². The molecule has 0 aliphatic carbocycles. The number of nitrogens with zero attached hydrogens (tertiary/aromatic N) is 2. The molecule has 0 saturated carbocycles. The Hall–Kier alpha value is -2.81. The lowest BCUT2D eigenvalue weighted by molar-refractivity contribution is -0.394. The van der Waals surface area contributed by atoms with Gasteiger partial charge in [-0.3, -0.25) is 25.0 Å². The van der Waals surface area contributed by atoms with Crippen molar-refractivity contribution in [3.8, 4) is 0 Å². The summed E-state index contributed by atoms with van der Waals surface area (Å²) >= 11 is 0. The highest BCUT2D eigenvalue weighted by Crippen LogP contribution is 2.34. The van der Waals surface area contributed by atoms with Gasteiger partial charge in [0.1, 0.15) is 6.26 Å². The van der Waals surface area contributed by atoms with E-state index in [-0.39, 0.29) is 5.92 Å². The van der Waals surface area contributed by atoms with Crippen LogP contribution in [-0.4, -0.2) is 20.9 Å². The molecule has 0 heterocycles. The molecular weight excluding hydrogens is 296 g/mol. The molecule has 9 heteroatoms. The topological polar surface area (TPSA) is 133 Å². The molecular formula is C13H14N2O7. The van der Waals surface area contributed by atoms with Gasteiger partial charge in [-0.15, -0.1) is 0 Å². The summed E-state index contributed by atoms with van der Waals surface area (Å²) in [6, 6.07) is 2.31. The van der Waals surface area contributed by atoms with Gasteiger partial charge < -0.3 is 4.89 Å². The summed E-state index contributed by atoms with van der Waals surface area (Å²) in [5, 5.41) is 30.5. The molecule has 1 aromatic carbocycles. The van der Waals surface area contributed by atoms with Crippen LogP contribution >= 0.6 is 0 Å². The van der Waals surface area contributed by atoms with E-state index < -0.39 is 32.6 Å².